The molecule has 15 rings (SSSR count). The number of pyridine rings is 1. The summed E-state index contributed by atoms with van der Waals surface area (Å²) < 4.78 is 0. The quantitative estimate of drug-likeness (QED) is 0.0128. The highest BCUT2D eigenvalue weighted by molar-refractivity contribution is 6.42. The minimum atomic E-state index is -1.36. The Hall–Kier alpha value is -7.21. The lowest BCUT2D eigenvalue weighted by molar-refractivity contribution is -0.148. The number of nitrogens with one attached hydrogen (secondary N) is 1. The molecule has 33 nitrogen and oxygen atoms in total. The second-order valence-corrected chi connectivity index (χ2v) is 43.5. The van der Waals surface area contributed by atoms with E-state index >= 15 is 0 Å². The maximum Gasteiger partial charge on any atom is 0.451 e. The smallest absolute Gasteiger partial charge is 0.451 e. The highest BCUT2D eigenvalue weighted by Crippen LogP contribution is 2.46. The number of nitrogens with zero attached hydrogens (tertiary/aromatic N) is 6. The molecule has 0 saturated carbocycles. The second kappa shape index (κ2) is 54.3. The number of anilines is 1. The summed E-state index contributed by atoms with van der Waals surface area (Å²) in [6, 6.07) is 29.3. The molecule has 0 radical (unpaired) electrons. The van der Waals surface area contributed by atoms with Crippen LogP contribution in [0.15, 0.2) is 89.9 Å². The van der Waals surface area contributed by atoms with E-state index < -0.39 is 93.1 Å². The Balaban J connectivity index is 0.000000171. The molecule has 0 spiro atoms. The highest BCUT2D eigenvalue weighted by Gasteiger charge is 2.51. The van der Waals surface area contributed by atoms with Crippen molar-refractivity contribution in [2.45, 2.75) is 342 Å². The van der Waals surface area contributed by atoms with Crippen LogP contribution in [-0.2, 0) is 62.5 Å². The van der Waals surface area contributed by atoms with E-state index in [-0.39, 0.29) is 72.8 Å². The van der Waals surface area contributed by atoms with Crippen molar-refractivity contribution in [1.29, 1.82) is 0 Å². The molecule has 0 amide bonds. The molecule has 10 aliphatic rings. The Bertz CT molecular complexity index is 4960. The fraction of sp³-hybridized carbons (Fsp3) is 0.673. The van der Waals surface area contributed by atoms with E-state index in [1.807, 2.05) is 18.3 Å². The molecule has 26 N–H and O–H groups in total. The Morgan fingerprint density at radius 2 is 0.720 bits per heavy atom. The molecule has 9 unspecified atom stereocenters. The minimum absolute atomic E-state index is 0.0429. The standard InChI is InChI=1S/C23H37BN2O4.C21H33BN2O4.C20H30BClN2O4.C20H32BN3O5.C20H32BN3O4/c1-16-14-18-6-5-7-21(20(18)15-17(16)2)26-12-8-19(9-13-26)23(25,22(27)28)10-3-4-11-24(29)30;1-15-4-5-16-6-7-19(18(16)14-15)24-12-8-17(9-13-24)21(23,20(25)26)10-2-3-11-22(27)28;22-18-5-3-4-14-12-16(13-17(14)18)24-10-6-15(7-11-24)20(23,19(25)26)8-1-2-9-21(27)28;22-20(19(26)27,8-1-2-9-21(28)29)15-6-10-24(11-7-15)17-5-3-4-14-13-23-18(25)12-16(14)17;22-20(19(25)26,11-3-4-12-21(27)28)17-9-14-23(15-10-17)24-13-5-7-16-6-1-2-8-18(16)24/h14-15,19,21,29-30H,3-13,25H2,1-2H3,(H,27,28);4-5,14,17,19,27-28H,2-3,6-13,23H2,1H3,(H,25,26);3-5,15-16,27-28H,1-2,6-13,23H2,(H,25,26);12-13,15,17,28-29H,1-11,22H2,(H,23,25)(H,26,27);1-2,6,8,17,27-28H,3-5,7,9-15,22H2,(H,25,26). The number of aromatic amines is 1. The van der Waals surface area contributed by atoms with Gasteiger partial charge in [-0.15, -0.1) is 0 Å². The van der Waals surface area contributed by atoms with Gasteiger partial charge in [-0.05, 0) is 381 Å². The average molecular weight is 2010 g/mol. The Morgan fingerprint density at radius 3 is 1.13 bits per heavy atom. The molecule has 6 aliphatic heterocycles. The number of aryl methyl sites for hydroxylation is 7. The predicted molar refractivity (Wildman–Crippen MR) is 560 cm³/mol. The number of unbranched alkanes of at least 4 members (excludes halogenated alkanes) is 5. The minimum Gasteiger partial charge on any atom is -0.480 e. The van der Waals surface area contributed by atoms with E-state index in [1.54, 1.807) is 6.07 Å². The van der Waals surface area contributed by atoms with Crippen molar-refractivity contribution in [2.75, 3.05) is 77.0 Å². The van der Waals surface area contributed by atoms with Gasteiger partial charge in [0.1, 0.15) is 27.7 Å². The van der Waals surface area contributed by atoms with Crippen LogP contribution in [0.2, 0.25) is 36.6 Å². The lowest BCUT2D eigenvalue weighted by Gasteiger charge is -2.46. The number of carboxylic acids is 5. The van der Waals surface area contributed by atoms with Crippen molar-refractivity contribution in [3.63, 3.8) is 0 Å². The number of halogens is 1. The van der Waals surface area contributed by atoms with E-state index in [1.165, 1.54) is 73.3 Å². The fourth-order valence-corrected chi connectivity index (χ4v) is 25.2. The zero-order valence-electron chi connectivity index (χ0n) is 84.7. The van der Waals surface area contributed by atoms with Crippen LogP contribution >= 0.6 is 11.6 Å². The number of aliphatic carboxylic acids is 5. The third-order valence-corrected chi connectivity index (χ3v) is 34.2. The number of hydrazine groups is 1. The first-order valence-electron chi connectivity index (χ1n) is 53.2. The van der Waals surface area contributed by atoms with Crippen molar-refractivity contribution in [3.8, 4) is 0 Å². The summed E-state index contributed by atoms with van der Waals surface area (Å²) in [5.41, 5.74) is 43.0. The molecule has 5 saturated heterocycles. The normalized spacial score (nSPS) is 22.2. The van der Waals surface area contributed by atoms with E-state index in [0.29, 0.717) is 127 Å². The monoisotopic (exact) mass is 2010 g/mol. The third kappa shape index (κ3) is 31.0. The van der Waals surface area contributed by atoms with E-state index in [0.717, 1.165) is 205 Å². The Labute approximate surface area is 851 Å². The number of rotatable bonds is 40. The number of benzene rings is 4. The number of carbonyl (C=O) groups is 5. The number of aromatic nitrogens is 1. The lowest BCUT2D eigenvalue weighted by atomic mass is 9.73. The summed E-state index contributed by atoms with van der Waals surface area (Å²) in [7, 11) is -6.72. The van der Waals surface area contributed by atoms with Gasteiger partial charge in [-0.1, -0.05) is 142 Å². The Morgan fingerprint density at radius 1 is 0.364 bits per heavy atom. The molecule has 5 fully saturated rings. The van der Waals surface area contributed by atoms with Crippen molar-refractivity contribution in [2.24, 2.45) is 58.3 Å². The van der Waals surface area contributed by atoms with Crippen LogP contribution < -0.4 is 39.2 Å². The number of likely N-dealkylation sites (tertiary alicyclic amines) is 4. The highest BCUT2D eigenvalue weighted by atomic mass is 35.5. The number of fused-ring (bicyclic) bond motifs is 5. The van der Waals surface area contributed by atoms with Crippen LogP contribution in [0.1, 0.15) is 284 Å². The van der Waals surface area contributed by atoms with Crippen molar-refractivity contribution < 1.29 is 99.7 Å². The number of carboxylic acid groups (broad SMARTS) is 5. The van der Waals surface area contributed by atoms with Crippen molar-refractivity contribution in [3.05, 3.63) is 167 Å². The maximum atomic E-state index is 12.0. The molecule has 7 heterocycles. The molecule has 0 bridgehead atoms. The summed E-state index contributed by atoms with van der Waals surface area (Å²) >= 11 is 6.34. The van der Waals surface area contributed by atoms with Crippen LogP contribution in [0.25, 0.3) is 0 Å². The van der Waals surface area contributed by atoms with Gasteiger partial charge in [-0.25, -0.2) is 5.01 Å². The zero-order chi connectivity index (χ0) is 104. The number of H-pyrrole nitrogens is 1. The topological polar surface area (TPSA) is 571 Å². The lowest BCUT2D eigenvalue weighted by Crippen LogP contribution is -2.58. The number of hydrogen-bond acceptors (Lipinski definition) is 27. The molecule has 788 valence electrons. The van der Waals surface area contributed by atoms with E-state index in [4.69, 9.17) is 90.5 Å². The first-order chi connectivity index (χ1) is 68.1. The molecule has 143 heavy (non-hydrogen) atoms. The molecule has 9 atom stereocenters. The van der Waals surface area contributed by atoms with Gasteiger partial charge in [0.15, 0.2) is 0 Å². The van der Waals surface area contributed by atoms with Gasteiger partial charge in [0.25, 0.3) is 0 Å². The number of piperidine rings is 5. The maximum absolute atomic E-state index is 12.0. The first-order valence-corrected chi connectivity index (χ1v) is 53.6. The summed E-state index contributed by atoms with van der Waals surface area (Å²) in [6.07, 6.45) is 31.3. The van der Waals surface area contributed by atoms with Crippen LogP contribution in [-0.4, -0.2) is 277 Å². The summed E-state index contributed by atoms with van der Waals surface area (Å²) in [5, 5.41) is 144. The largest absolute Gasteiger partial charge is 0.480 e. The number of para-hydroxylation sites is 1. The predicted octanol–water partition coefficient (Wildman–Crippen LogP) is 9.26. The van der Waals surface area contributed by atoms with Crippen molar-refractivity contribution >= 4 is 82.7 Å². The summed E-state index contributed by atoms with van der Waals surface area (Å²) in [4.78, 5) is 84.2. The molecule has 1 aromatic heterocycles. The molecule has 39 heteroatoms. The van der Waals surface area contributed by atoms with Crippen LogP contribution in [0, 0.1) is 50.4 Å². The number of hydrogen-bond donors (Lipinski definition) is 21. The Kier molecular flexibility index (Phi) is 44.1. The van der Waals surface area contributed by atoms with Crippen LogP contribution in [0.3, 0.4) is 0 Å². The molecule has 5 aromatic rings. The van der Waals surface area contributed by atoms with Gasteiger partial charge < -0.3 is 114 Å². The van der Waals surface area contributed by atoms with Gasteiger partial charge in [0.2, 0.25) is 5.56 Å². The van der Waals surface area contributed by atoms with Crippen LogP contribution in [0.4, 0.5) is 5.69 Å². The second-order valence-electron chi connectivity index (χ2n) is 43.1. The SMILES string of the molecule is Cc1cc2c(cc1C)C(N1CCC(C(N)(CCCCB(O)O)C(=O)O)CC1)CCC2.Cc1ccc2c(c1)C(N1CCC(C(N)(CCCCB(O)O)C(=O)O)CC1)CC2.NC(CCCCB(O)O)(C(=O)O)C1CCN(C2CCCc3c[nH]c(=O)cc32)CC1.NC(CCCCB(O)O)(C(=O)O)C1CCN(C2Cc3cccc(Cl)c3C2)CC1.NC(CCCCB(O)O)(C(=O)O)C1CCN(N2CCCc3ccccc32)CC1. The molecular weight excluding hydrogens is 1840 g/mol. The van der Waals surface area contributed by atoms with Gasteiger partial charge in [0.05, 0.1) is 5.69 Å². The summed E-state index contributed by atoms with van der Waals surface area (Å²) in [5.74, 6) is -5.07. The molecule has 4 aliphatic carbocycles. The van der Waals surface area contributed by atoms with E-state index in [2.05, 4.69) is 116 Å². The summed E-state index contributed by atoms with van der Waals surface area (Å²) in [6.45, 7) is 15.8. The van der Waals surface area contributed by atoms with Gasteiger partial charge in [0, 0.05) is 61.1 Å². The van der Waals surface area contributed by atoms with Crippen LogP contribution in [0.5, 0.6) is 0 Å². The molecular formula is C104H164B5ClN12O21. The first kappa shape index (κ1) is 116. The van der Waals surface area contributed by atoms with E-state index in [9.17, 15) is 54.3 Å². The third-order valence-electron chi connectivity index (χ3n) is 33.8. The van der Waals surface area contributed by atoms with Gasteiger partial charge >= 0.3 is 65.4 Å². The number of nitrogens with two attached hydrogens (primary N) is 5. The molecule has 4 aromatic carbocycles. The fourth-order valence-electron chi connectivity index (χ4n) is 25.0. The average Bonchev–Trinajstić information content (AvgIpc) is 0.855. The van der Waals surface area contributed by atoms with Crippen molar-refractivity contribution in [1.82, 2.24) is 29.6 Å². The van der Waals surface area contributed by atoms with Gasteiger partial charge in [-0.3, -0.25) is 48.4 Å². The van der Waals surface area contributed by atoms with Gasteiger partial charge in [-0.2, -0.15) is 0 Å². The zero-order valence-corrected chi connectivity index (χ0v) is 85.5.